The molecule has 0 radical (unpaired) electrons. The van der Waals surface area contributed by atoms with Gasteiger partial charge in [-0.2, -0.15) is 0 Å². The molecule has 0 saturated carbocycles. The summed E-state index contributed by atoms with van der Waals surface area (Å²) in [5.74, 6) is 0.217. The lowest BCUT2D eigenvalue weighted by Crippen LogP contribution is -2.39. The van der Waals surface area contributed by atoms with Gasteiger partial charge in [-0.25, -0.2) is 4.79 Å². The minimum Gasteiger partial charge on any atom is -0.354 e. The third kappa shape index (κ3) is 6.54. The van der Waals surface area contributed by atoms with Gasteiger partial charge in [0.2, 0.25) is 5.91 Å². The van der Waals surface area contributed by atoms with Gasteiger partial charge < -0.3 is 15.5 Å². The molecule has 0 fully saturated rings. The molecule has 0 unspecified atom stereocenters. The Morgan fingerprint density at radius 1 is 1.21 bits per heavy atom. The summed E-state index contributed by atoms with van der Waals surface area (Å²) in [5.41, 5.74) is 0. The number of carbonyl (C=O) groups is 2. The van der Waals surface area contributed by atoms with Crippen LogP contribution in [-0.2, 0) is 4.79 Å². The molecule has 82 valence electrons. The summed E-state index contributed by atoms with van der Waals surface area (Å²) in [6.07, 6.45) is 0.309. The first-order valence-electron chi connectivity index (χ1n) is 4.35. The zero-order chi connectivity index (χ0) is 11.0. The van der Waals surface area contributed by atoms with Crippen molar-refractivity contribution >= 4 is 23.5 Å². The summed E-state index contributed by atoms with van der Waals surface area (Å²) in [7, 11) is 3.31. The number of amides is 3. The number of carbonyl (C=O) groups excluding carboxylic acids is 2. The normalized spacial score (nSPS) is 9.36. The Morgan fingerprint density at radius 2 is 1.79 bits per heavy atom. The van der Waals surface area contributed by atoms with Gasteiger partial charge in [0.05, 0.1) is 0 Å². The fourth-order valence-corrected chi connectivity index (χ4v) is 0.875. The van der Waals surface area contributed by atoms with Crippen LogP contribution in [0.5, 0.6) is 0 Å². The highest BCUT2D eigenvalue weighted by atomic mass is 35.5. The fourth-order valence-electron chi connectivity index (χ4n) is 0.704. The van der Waals surface area contributed by atoms with E-state index in [1.807, 2.05) is 0 Å². The van der Waals surface area contributed by atoms with Gasteiger partial charge in [-0.1, -0.05) is 0 Å². The molecule has 6 heteroatoms. The minimum atomic E-state index is -0.170. The Balaban J connectivity index is 3.38. The molecule has 0 aliphatic carbocycles. The summed E-state index contributed by atoms with van der Waals surface area (Å²) < 4.78 is 0. The Morgan fingerprint density at radius 3 is 2.29 bits per heavy atom. The van der Waals surface area contributed by atoms with E-state index in [4.69, 9.17) is 11.6 Å². The van der Waals surface area contributed by atoms with Crippen LogP contribution in [0.15, 0.2) is 0 Å². The van der Waals surface area contributed by atoms with Crippen LogP contribution in [0, 0.1) is 0 Å². The lowest BCUT2D eigenvalue weighted by Gasteiger charge is -2.11. The van der Waals surface area contributed by atoms with Crippen LogP contribution in [0.4, 0.5) is 4.79 Å². The van der Waals surface area contributed by atoms with Crippen LogP contribution in [-0.4, -0.2) is 49.9 Å². The molecule has 2 N–H and O–H groups in total. The van der Waals surface area contributed by atoms with Crippen molar-refractivity contribution in [1.29, 1.82) is 0 Å². The van der Waals surface area contributed by atoms with Gasteiger partial charge >= 0.3 is 6.03 Å². The molecule has 0 rings (SSSR count). The van der Waals surface area contributed by atoms with Crippen molar-refractivity contribution in [2.24, 2.45) is 0 Å². The van der Waals surface area contributed by atoms with Gasteiger partial charge in [0.1, 0.15) is 0 Å². The van der Waals surface area contributed by atoms with Crippen molar-refractivity contribution in [3.05, 3.63) is 0 Å². The summed E-state index contributed by atoms with van der Waals surface area (Å²) in [5, 5.41) is 5.24. The molecule has 0 heterocycles. The molecule has 5 nitrogen and oxygen atoms in total. The lowest BCUT2D eigenvalue weighted by molar-refractivity contribution is -0.120. The maximum absolute atomic E-state index is 11.0. The summed E-state index contributed by atoms with van der Waals surface area (Å²) >= 11 is 5.36. The fraction of sp³-hybridized carbons (Fsp3) is 0.750. The molecule has 0 bridgehead atoms. The van der Waals surface area contributed by atoms with Crippen molar-refractivity contribution in [1.82, 2.24) is 15.5 Å². The quantitative estimate of drug-likeness (QED) is 0.507. The smallest absolute Gasteiger partial charge is 0.316 e. The standard InChI is InChI=1S/C8H16ClN3O2/c1-12(2)8(14)11-6-5-10-7(13)3-4-9/h3-6H2,1-2H3,(H,10,13)(H,11,14). The van der Waals surface area contributed by atoms with E-state index in [9.17, 15) is 9.59 Å². The molecule has 0 aliphatic heterocycles. The minimum absolute atomic E-state index is 0.0981. The van der Waals surface area contributed by atoms with E-state index in [0.29, 0.717) is 25.4 Å². The predicted molar refractivity (Wildman–Crippen MR) is 55.4 cm³/mol. The highest BCUT2D eigenvalue weighted by Crippen LogP contribution is 1.82. The average molecular weight is 222 g/mol. The Hall–Kier alpha value is -0.970. The van der Waals surface area contributed by atoms with Crippen molar-refractivity contribution in [3.8, 4) is 0 Å². The topological polar surface area (TPSA) is 61.4 Å². The summed E-state index contributed by atoms with van der Waals surface area (Å²) in [6.45, 7) is 0.848. The first-order chi connectivity index (χ1) is 6.57. The summed E-state index contributed by atoms with van der Waals surface area (Å²) in [6, 6.07) is -0.170. The lowest BCUT2D eigenvalue weighted by atomic mass is 10.4. The number of alkyl halides is 1. The Labute approximate surface area is 88.8 Å². The monoisotopic (exact) mass is 221 g/mol. The molecule has 0 aromatic rings. The van der Waals surface area contributed by atoms with Gasteiger partial charge in [0.15, 0.2) is 0 Å². The molecule has 14 heavy (non-hydrogen) atoms. The molecule has 0 aliphatic rings. The van der Waals surface area contributed by atoms with E-state index in [1.54, 1.807) is 14.1 Å². The van der Waals surface area contributed by atoms with Crippen molar-refractivity contribution in [3.63, 3.8) is 0 Å². The van der Waals surface area contributed by atoms with Crippen molar-refractivity contribution < 1.29 is 9.59 Å². The van der Waals surface area contributed by atoms with Gasteiger partial charge in [-0.15, -0.1) is 11.6 Å². The Bertz CT molecular complexity index is 197. The van der Waals surface area contributed by atoms with Crippen molar-refractivity contribution in [2.75, 3.05) is 33.1 Å². The largest absolute Gasteiger partial charge is 0.354 e. The van der Waals surface area contributed by atoms with Gasteiger partial charge in [-0.3, -0.25) is 4.79 Å². The number of rotatable bonds is 5. The number of nitrogens with zero attached hydrogens (tertiary/aromatic N) is 1. The maximum Gasteiger partial charge on any atom is 0.316 e. The Kier molecular flexibility index (Phi) is 6.92. The highest BCUT2D eigenvalue weighted by molar-refractivity contribution is 6.18. The second-order valence-electron chi connectivity index (χ2n) is 2.92. The van der Waals surface area contributed by atoms with E-state index >= 15 is 0 Å². The molecule has 3 amide bonds. The van der Waals surface area contributed by atoms with E-state index in [0.717, 1.165) is 0 Å². The van der Waals surface area contributed by atoms with Crippen LogP contribution in [0.3, 0.4) is 0 Å². The third-order valence-electron chi connectivity index (χ3n) is 1.45. The molecule has 0 aromatic carbocycles. The number of halogens is 1. The van der Waals surface area contributed by atoms with Crippen LogP contribution in [0.1, 0.15) is 6.42 Å². The number of hydrogen-bond acceptors (Lipinski definition) is 2. The van der Waals surface area contributed by atoms with Crippen LogP contribution >= 0.6 is 11.6 Å². The number of nitrogens with one attached hydrogen (secondary N) is 2. The van der Waals surface area contributed by atoms with Crippen LogP contribution in [0.25, 0.3) is 0 Å². The molecule has 0 atom stereocenters. The van der Waals surface area contributed by atoms with Gasteiger partial charge in [0, 0.05) is 39.5 Å². The first kappa shape index (κ1) is 13.0. The molecule has 0 spiro atoms. The zero-order valence-electron chi connectivity index (χ0n) is 8.47. The van der Waals surface area contributed by atoms with Crippen LogP contribution < -0.4 is 10.6 Å². The average Bonchev–Trinajstić information content (AvgIpc) is 2.12. The second kappa shape index (κ2) is 7.44. The number of urea groups is 1. The molecular weight excluding hydrogens is 206 g/mol. The SMILES string of the molecule is CN(C)C(=O)NCCNC(=O)CCCl. The van der Waals surface area contributed by atoms with E-state index in [-0.39, 0.29) is 11.9 Å². The number of hydrogen-bond donors (Lipinski definition) is 2. The van der Waals surface area contributed by atoms with Gasteiger partial charge in [-0.05, 0) is 0 Å². The first-order valence-corrected chi connectivity index (χ1v) is 4.89. The van der Waals surface area contributed by atoms with E-state index in [1.165, 1.54) is 4.90 Å². The maximum atomic E-state index is 11.0. The summed E-state index contributed by atoms with van der Waals surface area (Å²) in [4.78, 5) is 23.3. The van der Waals surface area contributed by atoms with Gasteiger partial charge in [0.25, 0.3) is 0 Å². The third-order valence-corrected chi connectivity index (χ3v) is 1.64. The predicted octanol–water partition coefficient (Wildman–Crippen LogP) is 0.00270. The van der Waals surface area contributed by atoms with E-state index in [2.05, 4.69) is 10.6 Å². The van der Waals surface area contributed by atoms with E-state index < -0.39 is 0 Å². The second-order valence-corrected chi connectivity index (χ2v) is 3.29. The van der Waals surface area contributed by atoms with Crippen LogP contribution in [0.2, 0.25) is 0 Å². The zero-order valence-corrected chi connectivity index (χ0v) is 9.23. The molecule has 0 saturated heterocycles. The highest BCUT2D eigenvalue weighted by Gasteiger charge is 2.02. The molecular formula is C8H16ClN3O2. The molecule has 0 aromatic heterocycles. The van der Waals surface area contributed by atoms with Crippen molar-refractivity contribution in [2.45, 2.75) is 6.42 Å².